The molecule has 20 heavy (non-hydrogen) atoms. The first kappa shape index (κ1) is 12.6. The topological polar surface area (TPSA) is 46.3 Å². The van der Waals surface area contributed by atoms with Crippen LogP contribution in [-0.4, -0.2) is 10.1 Å². The van der Waals surface area contributed by atoms with E-state index in [0.717, 1.165) is 0 Å². The van der Waals surface area contributed by atoms with Gasteiger partial charge in [0.2, 0.25) is 0 Å². The van der Waals surface area contributed by atoms with Crippen LogP contribution in [-0.2, 0) is 0 Å². The molecular formula is C16H12FNO2. The molecule has 2 heterocycles. The summed E-state index contributed by atoms with van der Waals surface area (Å²) in [6, 6.07) is 11.3. The molecule has 0 aliphatic heterocycles. The van der Waals surface area contributed by atoms with E-state index in [1.54, 1.807) is 42.7 Å². The summed E-state index contributed by atoms with van der Waals surface area (Å²) in [6.07, 6.45) is 3.85. The molecule has 4 heteroatoms. The summed E-state index contributed by atoms with van der Waals surface area (Å²) in [4.78, 5) is 3.98. The standard InChI is InChI=1S/C16H12FNO2/c17-13-5-1-3-11(9-13)16-14(6-8-20-16)15(19)12-4-2-7-18-10-12/h1-10,15,19H. The summed E-state index contributed by atoms with van der Waals surface area (Å²) < 4.78 is 18.7. The summed E-state index contributed by atoms with van der Waals surface area (Å²) in [5.41, 5.74) is 1.84. The lowest BCUT2D eigenvalue weighted by atomic mass is 10.0. The number of furan rings is 1. The highest BCUT2D eigenvalue weighted by molar-refractivity contribution is 5.62. The van der Waals surface area contributed by atoms with Crippen LogP contribution in [0, 0.1) is 5.82 Å². The highest BCUT2D eigenvalue weighted by atomic mass is 19.1. The van der Waals surface area contributed by atoms with Gasteiger partial charge < -0.3 is 9.52 Å². The van der Waals surface area contributed by atoms with E-state index in [9.17, 15) is 9.50 Å². The van der Waals surface area contributed by atoms with E-state index in [1.807, 2.05) is 0 Å². The van der Waals surface area contributed by atoms with E-state index in [4.69, 9.17) is 4.42 Å². The maximum absolute atomic E-state index is 13.3. The number of pyridine rings is 1. The summed E-state index contributed by atoms with van der Waals surface area (Å²) in [6.45, 7) is 0. The van der Waals surface area contributed by atoms with Gasteiger partial charge in [-0.3, -0.25) is 4.98 Å². The van der Waals surface area contributed by atoms with Crippen molar-refractivity contribution in [1.29, 1.82) is 0 Å². The Labute approximate surface area is 115 Å². The predicted molar refractivity (Wildman–Crippen MR) is 72.4 cm³/mol. The molecule has 2 aromatic heterocycles. The van der Waals surface area contributed by atoms with Gasteiger partial charge in [0.15, 0.2) is 0 Å². The third kappa shape index (κ3) is 2.33. The third-order valence-corrected chi connectivity index (χ3v) is 3.08. The first-order chi connectivity index (χ1) is 9.75. The van der Waals surface area contributed by atoms with E-state index >= 15 is 0 Å². The number of nitrogens with zero attached hydrogens (tertiary/aromatic N) is 1. The number of halogens is 1. The molecule has 0 spiro atoms. The summed E-state index contributed by atoms with van der Waals surface area (Å²) in [5.74, 6) is 0.113. The smallest absolute Gasteiger partial charge is 0.140 e. The number of aliphatic hydroxyl groups is 1. The fourth-order valence-corrected chi connectivity index (χ4v) is 2.12. The molecule has 0 fully saturated rings. The molecule has 1 aromatic carbocycles. The minimum absolute atomic E-state index is 0.347. The lowest BCUT2D eigenvalue weighted by Gasteiger charge is -2.10. The first-order valence-corrected chi connectivity index (χ1v) is 6.17. The predicted octanol–water partition coefficient (Wildman–Crippen LogP) is 3.56. The molecule has 0 saturated carbocycles. The lowest BCUT2D eigenvalue weighted by molar-refractivity contribution is 0.219. The van der Waals surface area contributed by atoms with Crippen LogP contribution in [0.3, 0.4) is 0 Å². The Morgan fingerprint density at radius 3 is 2.80 bits per heavy atom. The Bertz CT molecular complexity index is 709. The molecule has 0 saturated heterocycles. The van der Waals surface area contributed by atoms with Crippen molar-refractivity contribution < 1.29 is 13.9 Å². The van der Waals surface area contributed by atoms with Crippen LogP contribution < -0.4 is 0 Å². The number of hydrogen-bond donors (Lipinski definition) is 1. The second kappa shape index (κ2) is 5.27. The van der Waals surface area contributed by atoms with Crippen molar-refractivity contribution in [3.05, 3.63) is 78.1 Å². The van der Waals surface area contributed by atoms with E-state index in [1.165, 1.54) is 18.4 Å². The van der Waals surface area contributed by atoms with Gasteiger partial charge in [-0.15, -0.1) is 0 Å². The first-order valence-electron chi connectivity index (χ1n) is 6.17. The van der Waals surface area contributed by atoms with Gasteiger partial charge in [-0.25, -0.2) is 4.39 Å². The van der Waals surface area contributed by atoms with Crippen LogP contribution >= 0.6 is 0 Å². The molecule has 0 bridgehead atoms. The molecule has 3 aromatic rings. The molecule has 0 aliphatic rings. The third-order valence-electron chi connectivity index (χ3n) is 3.08. The van der Waals surface area contributed by atoms with Gasteiger partial charge in [-0.2, -0.15) is 0 Å². The molecule has 3 rings (SSSR count). The zero-order valence-electron chi connectivity index (χ0n) is 10.5. The number of benzene rings is 1. The number of aliphatic hydroxyl groups excluding tert-OH is 1. The van der Waals surface area contributed by atoms with Gasteiger partial charge in [-0.05, 0) is 24.3 Å². The molecule has 0 amide bonds. The largest absolute Gasteiger partial charge is 0.464 e. The Balaban J connectivity index is 2.03. The SMILES string of the molecule is OC(c1cccnc1)c1ccoc1-c1cccc(F)c1. The summed E-state index contributed by atoms with van der Waals surface area (Å²) in [7, 11) is 0. The molecule has 1 N–H and O–H groups in total. The fraction of sp³-hybridized carbons (Fsp3) is 0.0625. The molecule has 100 valence electrons. The second-order valence-corrected chi connectivity index (χ2v) is 4.40. The number of aromatic nitrogens is 1. The Kier molecular flexibility index (Phi) is 3.31. The Morgan fingerprint density at radius 2 is 2.05 bits per heavy atom. The van der Waals surface area contributed by atoms with Gasteiger partial charge in [0.1, 0.15) is 17.7 Å². The van der Waals surface area contributed by atoms with Gasteiger partial charge in [0.25, 0.3) is 0 Å². The summed E-state index contributed by atoms with van der Waals surface area (Å²) in [5, 5.41) is 10.4. The van der Waals surface area contributed by atoms with Crippen LogP contribution in [0.2, 0.25) is 0 Å². The van der Waals surface area contributed by atoms with Crippen molar-refractivity contribution in [3.63, 3.8) is 0 Å². The monoisotopic (exact) mass is 269 g/mol. The molecule has 1 atom stereocenters. The lowest BCUT2D eigenvalue weighted by Crippen LogP contribution is -2.00. The zero-order chi connectivity index (χ0) is 13.9. The molecule has 0 radical (unpaired) electrons. The average Bonchev–Trinajstić information content (AvgIpc) is 2.97. The van der Waals surface area contributed by atoms with E-state index in [2.05, 4.69) is 4.98 Å². The van der Waals surface area contributed by atoms with E-state index < -0.39 is 6.10 Å². The van der Waals surface area contributed by atoms with Gasteiger partial charge in [-0.1, -0.05) is 18.2 Å². The van der Waals surface area contributed by atoms with Crippen molar-refractivity contribution in [2.75, 3.05) is 0 Å². The highest BCUT2D eigenvalue weighted by Crippen LogP contribution is 2.32. The number of rotatable bonds is 3. The zero-order valence-corrected chi connectivity index (χ0v) is 10.5. The van der Waals surface area contributed by atoms with Gasteiger partial charge in [0.05, 0.1) is 6.26 Å². The van der Waals surface area contributed by atoms with Gasteiger partial charge >= 0.3 is 0 Å². The Hall–Kier alpha value is -2.46. The normalized spacial score (nSPS) is 12.3. The van der Waals surface area contributed by atoms with Gasteiger partial charge in [0, 0.05) is 29.1 Å². The molecule has 0 aliphatic carbocycles. The highest BCUT2D eigenvalue weighted by Gasteiger charge is 2.18. The van der Waals surface area contributed by atoms with Crippen LogP contribution in [0.5, 0.6) is 0 Å². The minimum Gasteiger partial charge on any atom is -0.464 e. The second-order valence-electron chi connectivity index (χ2n) is 4.40. The fourth-order valence-electron chi connectivity index (χ4n) is 2.12. The van der Waals surface area contributed by atoms with Crippen LogP contribution in [0.1, 0.15) is 17.2 Å². The minimum atomic E-state index is -0.860. The molecular weight excluding hydrogens is 257 g/mol. The van der Waals surface area contributed by atoms with Crippen LogP contribution in [0.15, 0.2) is 65.5 Å². The van der Waals surface area contributed by atoms with E-state index in [-0.39, 0.29) is 5.82 Å². The van der Waals surface area contributed by atoms with Crippen molar-refractivity contribution in [2.24, 2.45) is 0 Å². The quantitative estimate of drug-likeness (QED) is 0.790. The molecule has 3 nitrogen and oxygen atoms in total. The Morgan fingerprint density at radius 1 is 1.15 bits per heavy atom. The number of hydrogen-bond acceptors (Lipinski definition) is 3. The van der Waals surface area contributed by atoms with Crippen LogP contribution in [0.4, 0.5) is 4.39 Å². The van der Waals surface area contributed by atoms with Crippen molar-refractivity contribution >= 4 is 0 Å². The van der Waals surface area contributed by atoms with E-state index in [0.29, 0.717) is 22.5 Å². The van der Waals surface area contributed by atoms with Crippen molar-refractivity contribution in [1.82, 2.24) is 4.98 Å². The van der Waals surface area contributed by atoms with Crippen molar-refractivity contribution in [3.8, 4) is 11.3 Å². The van der Waals surface area contributed by atoms with Crippen molar-refractivity contribution in [2.45, 2.75) is 6.10 Å². The van der Waals surface area contributed by atoms with Crippen LogP contribution in [0.25, 0.3) is 11.3 Å². The molecule has 1 unspecified atom stereocenters. The average molecular weight is 269 g/mol. The summed E-state index contributed by atoms with van der Waals surface area (Å²) >= 11 is 0. The maximum Gasteiger partial charge on any atom is 0.140 e. The maximum atomic E-state index is 13.3.